The van der Waals surface area contributed by atoms with E-state index in [1.54, 1.807) is 31.2 Å². The zero-order valence-corrected chi connectivity index (χ0v) is 16.6. The zero-order valence-electron chi connectivity index (χ0n) is 15.0. The minimum atomic E-state index is -3.68. The van der Waals surface area contributed by atoms with Crippen LogP contribution < -0.4 is 9.62 Å². The predicted molar refractivity (Wildman–Crippen MR) is 106 cm³/mol. The van der Waals surface area contributed by atoms with E-state index in [0.29, 0.717) is 17.1 Å². The summed E-state index contributed by atoms with van der Waals surface area (Å²) in [7, 11) is -3.68. The molecule has 0 radical (unpaired) electrons. The van der Waals surface area contributed by atoms with Gasteiger partial charge in [0.2, 0.25) is 15.9 Å². The molecule has 2 aromatic rings. The summed E-state index contributed by atoms with van der Waals surface area (Å²) in [6, 6.07) is 14.9. The van der Waals surface area contributed by atoms with Crippen LogP contribution in [0.3, 0.4) is 0 Å². The predicted octanol–water partition coefficient (Wildman–Crippen LogP) is 3.76. The second-order valence-electron chi connectivity index (χ2n) is 6.10. The molecule has 2 atom stereocenters. The van der Waals surface area contributed by atoms with Crippen LogP contribution in [-0.4, -0.2) is 26.6 Å². The Hall–Kier alpha value is -2.05. The molecule has 26 heavy (non-hydrogen) atoms. The summed E-state index contributed by atoms with van der Waals surface area (Å²) >= 11 is 6.01. The van der Waals surface area contributed by atoms with E-state index in [1.807, 2.05) is 37.3 Å². The molecule has 0 unspecified atom stereocenters. The Morgan fingerprint density at radius 2 is 1.81 bits per heavy atom. The lowest BCUT2D eigenvalue weighted by molar-refractivity contribution is -0.122. The molecule has 0 saturated heterocycles. The van der Waals surface area contributed by atoms with Crippen LogP contribution in [-0.2, 0) is 14.8 Å². The molecule has 0 aliphatic carbocycles. The fraction of sp³-hybridized carbons (Fsp3) is 0.316. The monoisotopic (exact) mass is 394 g/mol. The molecule has 2 rings (SSSR count). The van der Waals surface area contributed by atoms with Gasteiger partial charge >= 0.3 is 0 Å². The highest BCUT2D eigenvalue weighted by molar-refractivity contribution is 7.92. The van der Waals surface area contributed by atoms with Crippen molar-refractivity contribution in [2.75, 3.05) is 10.6 Å². The maximum atomic E-state index is 12.9. The van der Waals surface area contributed by atoms with E-state index in [4.69, 9.17) is 11.6 Å². The third-order valence-electron chi connectivity index (χ3n) is 4.05. The van der Waals surface area contributed by atoms with Crippen molar-refractivity contribution in [2.24, 2.45) is 0 Å². The van der Waals surface area contributed by atoms with Gasteiger partial charge in [-0.2, -0.15) is 0 Å². The van der Waals surface area contributed by atoms with Gasteiger partial charge in [-0.15, -0.1) is 0 Å². The molecule has 140 valence electrons. The maximum absolute atomic E-state index is 12.9. The van der Waals surface area contributed by atoms with Crippen molar-refractivity contribution in [1.29, 1.82) is 0 Å². The molecule has 0 aromatic heterocycles. The molecular weight excluding hydrogens is 372 g/mol. The first-order valence-corrected chi connectivity index (χ1v) is 10.6. The van der Waals surface area contributed by atoms with E-state index in [1.165, 1.54) is 0 Å². The standard InChI is InChI=1S/C19H23ClN2O3S/c1-4-18(19(23)21-14(2)15-9-6-5-7-10-15)22(26(3,24)25)17-12-8-11-16(20)13-17/h5-14,18H,4H2,1-3H3,(H,21,23)/t14-,18+/m1/s1. The normalized spacial score (nSPS) is 13.7. The Morgan fingerprint density at radius 3 is 2.35 bits per heavy atom. The van der Waals surface area contributed by atoms with Gasteiger partial charge in [-0.3, -0.25) is 9.10 Å². The Kier molecular flexibility index (Phi) is 6.67. The fourth-order valence-electron chi connectivity index (χ4n) is 2.81. The summed E-state index contributed by atoms with van der Waals surface area (Å²) in [6.45, 7) is 3.64. The van der Waals surface area contributed by atoms with Gasteiger partial charge in [-0.1, -0.05) is 54.9 Å². The second kappa shape index (κ2) is 8.56. The number of sulfonamides is 1. The quantitative estimate of drug-likeness (QED) is 0.777. The molecule has 2 aromatic carbocycles. The second-order valence-corrected chi connectivity index (χ2v) is 8.40. The molecule has 0 bridgehead atoms. The summed E-state index contributed by atoms with van der Waals surface area (Å²) in [5, 5.41) is 3.31. The smallest absolute Gasteiger partial charge is 0.244 e. The maximum Gasteiger partial charge on any atom is 0.244 e. The van der Waals surface area contributed by atoms with Crippen LogP contribution in [0.1, 0.15) is 31.9 Å². The first-order valence-electron chi connectivity index (χ1n) is 8.34. The van der Waals surface area contributed by atoms with Crippen LogP contribution in [0.25, 0.3) is 0 Å². The lowest BCUT2D eigenvalue weighted by Crippen LogP contribution is -2.49. The van der Waals surface area contributed by atoms with E-state index < -0.39 is 16.1 Å². The summed E-state index contributed by atoms with van der Waals surface area (Å²) in [5.41, 5.74) is 1.32. The molecule has 0 aliphatic rings. The van der Waals surface area contributed by atoms with E-state index in [9.17, 15) is 13.2 Å². The molecular formula is C19H23ClN2O3S. The highest BCUT2D eigenvalue weighted by atomic mass is 35.5. The molecule has 1 amide bonds. The van der Waals surface area contributed by atoms with Crippen molar-refractivity contribution in [1.82, 2.24) is 5.32 Å². The molecule has 0 fully saturated rings. The molecule has 5 nitrogen and oxygen atoms in total. The molecule has 0 spiro atoms. The van der Waals surface area contributed by atoms with Crippen LogP contribution in [0.15, 0.2) is 54.6 Å². The Labute approximate surface area is 160 Å². The summed E-state index contributed by atoms with van der Waals surface area (Å²) in [5.74, 6) is -0.353. The third-order valence-corrected chi connectivity index (χ3v) is 5.47. The van der Waals surface area contributed by atoms with Crippen LogP contribution in [0, 0.1) is 0 Å². The van der Waals surface area contributed by atoms with Crippen LogP contribution >= 0.6 is 11.6 Å². The van der Waals surface area contributed by atoms with Crippen molar-refractivity contribution in [2.45, 2.75) is 32.4 Å². The van der Waals surface area contributed by atoms with Crippen LogP contribution in [0.5, 0.6) is 0 Å². The average molecular weight is 395 g/mol. The first-order chi connectivity index (χ1) is 12.2. The van der Waals surface area contributed by atoms with E-state index >= 15 is 0 Å². The highest BCUT2D eigenvalue weighted by Crippen LogP contribution is 2.26. The summed E-state index contributed by atoms with van der Waals surface area (Å²) < 4.78 is 25.9. The number of carbonyl (C=O) groups excluding carboxylic acids is 1. The van der Waals surface area contributed by atoms with Gasteiger partial charge < -0.3 is 5.32 Å². The van der Waals surface area contributed by atoms with Gasteiger partial charge in [0.15, 0.2) is 0 Å². The van der Waals surface area contributed by atoms with E-state index in [0.717, 1.165) is 16.1 Å². The van der Waals surface area contributed by atoms with Crippen molar-refractivity contribution >= 4 is 33.2 Å². The van der Waals surface area contributed by atoms with Crippen molar-refractivity contribution < 1.29 is 13.2 Å². The Bertz CT molecular complexity index is 856. The van der Waals surface area contributed by atoms with Gasteiger partial charge in [-0.05, 0) is 37.1 Å². The van der Waals surface area contributed by atoms with Gasteiger partial charge in [0, 0.05) is 5.02 Å². The van der Waals surface area contributed by atoms with Gasteiger partial charge in [0.05, 0.1) is 18.0 Å². The topological polar surface area (TPSA) is 66.5 Å². The lowest BCUT2D eigenvalue weighted by atomic mass is 10.1. The van der Waals surface area contributed by atoms with Crippen LogP contribution in [0.4, 0.5) is 5.69 Å². The zero-order chi connectivity index (χ0) is 19.3. The molecule has 1 N–H and O–H groups in total. The number of hydrogen-bond donors (Lipinski definition) is 1. The van der Waals surface area contributed by atoms with Crippen LogP contribution in [0.2, 0.25) is 5.02 Å². The van der Waals surface area contributed by atoms with Gasteiger partial charge in [0.25, 0.3) is 0 Å². The SMILES string of the molecule is CC[C@@H](C(=O)N[C@H](C)c1ccccc1)N(c1cccc(Cl)c1)S(C)(=O)=O. The number of carbonyl (C=O) groups is 1. The Balaban J connectivity index is 2.31. The van der Waals surface area contributed by atoms with Crippen molar-refractivity contribution in [3.63, 3.8) is 0 Å². The molecule has 0 heterocycles. The first kappa shape index (κ1) is 20.3. The van der Waals surface area contributed by atoms with E-state index in [-0.39, 0.29) is 11.9 Å². The number of nitrogens with zero attached hydrogens (tertiary/aromatic N) is 1. The number of halogens is 1. The van der Waals surface area contributed by atoms with Gasteiger partial charge in [0.1, 0.15) is 6.04 Å². The molecule has 0 aliphatic heterocycles. The number of nitrogens with one attached hydrogen (secondary N) is 1. The fourth-order valence-corrected chi connectivity index (χ4v) is 4.20. The number of hydrogen-bond acceptors (Lipinski definition) is 3. The van der Waals surface area contributed by atoms with Gasteiger partial charge in [-0.25, -0.2) is 8.42 Å². The van der Waals surface area contributed by atoms with Crippen molar-refractivity contribution in [3.8, 4) is 0 Å². The average Bonchev–Trinajstić information content (AvgIpc) is 2.58. The minimum Gasteiger partial charge on any atom is -0.348 e. The number of anilines is 1. The number of amides is 1. The highest BCUT2D eigenvalue weighted by Gasteiger charge is 2.32. The lowest BCUT2D eigenvalue weighted by Gasteiger charge is -2.31. The third kappa shape index (κ3) is 4.99. The molecule has 7 heteroatoms. The largest absolute Gasteiger partial charge is 0.348 e. The molecule has 0 saturated carbocycles. The summed E-state index contributed by atoms with van der Waals surface area (Å²) in [4.78, 5) is 12.9. The number of rotatable bonds is 7. The number of benzene rings is 2. The van der Waals surface area contributed by atoms with Crippen molar-refractivity contribution in [3.05, 3.63) is 65.2 Å². The summed E-state index contributed by atoms with van der Waals surface area (Å²) in [6.07, 6.45) is 1.41. The van der Waals surface area contributed by atoms with E-state index in [2.05, 4.69) is 5.32 Å². The Morgan fingerprint density at radius 1 is 1.15 bits per heavy atom. The minimum absolute atomic E-state index is 0.237.